The predicted octanol–water partition coefficient (Wildman–Crippen LogP) is 2.13. The van der Waals surface area contributed by atoms with Gasteiger partial charge in [0.15, 0.2) is 6.61 Å². The molecule has 0 saturated carbocycles. The van der Waals surface area contributed by atoms with Crippen molar-refractivity contribution in [3.8, 4) is 6.07 Å². The van der Waals surface area contributed by atoms with Gasteiger partial charge in [-0.05, 0) is 44.2 Å². The molecule has 1 N–H and O–H groups in total. The summed E-state index contributed by atoms with van der Waals surface area (Å²) in [6.45, 7) is 4.66. The van der Waals surface area contributed by atoms with Crippen LogP contribution < -0.4 is 5.56 Å². The average Bonchev–Trinajstić information content (AvgIpc) is 2.59. The van der Waals surface area contributed by atoms with Crippen molar-refractivity contribution in [3.63, 3.8) is 0 Å². The number of aryl methyl sites for hydroxylation is 1. The second kappa shape index (κ2) is 9.91. The summed E-state index contributed by atoms with van der Waals surface area (Å²) in [7, 11) is 0. The Hall–Kier alpha value is -2.62. The number of hydrogen-bond acceptors (Lipinski definition) is 5. The number of esters is 1. The zero-order valence-corrected chi connectivity index (χ0v) is 16.1. The number of nitrogens with zero attached hydrogens (tertiary/aromatic N) is 2. The first-order chi connectivity index (χ1) is 12.9. The minimum absolute atomic E-state index is 0.0660. The summed E-state index contributed by atoms with van der Waals surface area (Å²) in [4.78, 5) is 40.4. The summed E-state index contributed by atoms with van der Waals surface area (Å²) in [5, 5.41) is 9.09. The standard InChI is InChI=1S/C20H27N3O4/c1-14-16(15(2)22-20(26)17(14)12-21)8-9-19(25)27-13-18(24)23-10-6-4-3-5-7-11-23/h3-11,13H2,1-2H3,(H,22,26). The number of aromatic amines is 1. The van der Waals surface area contributed by atoms with E-state index in [2.05, 4.69) is 4.98 Å². The van der Waals surface area contributed by atoms with Crippen molar-refractivity contribution in [1.82, 2.24) is 9.88 Å². The maximum Gasteiger partial charge on any atom is 0.306 e. The maximum atomic E-state index is 12.2. The van der Waals surface area contributed by atoms with Crippen molar-refractivity contribution in [2.24, 2.45) is 0 Å². The number of amides is 1. The highest BCUT2D eigenvalue weighted by Gasteiger charge is 2.18. The fraction of sp³-hybridized carbons (Fsp3) is 0.600. The smallest absolute Gasteiger partial charge is 0.306 e. The van der Waals surface area contributed by atoms with Gasteiger partial charge >= 0.3 is 5.97 Å². The summed E-state index contributed by atoms with van der Waals surface area (Å²) in [6, 6.07) is 1.89. The first kappa shape index (κ1) is 20.7. The molecule has 0 aliphatic carbocycles. The van der Waals surface area contributed by atoms with Crippen LogP contribution in [0.25, 0.3) is 0 Å². The van der Waals surface area contributed by atoms with Crippen LogP contribution in [0.1, 0.15) is 60.9 Å². The van der Waals surface area contributed by atoms with Gasteiger partial charge in [0, 0.05) is 25.2 Å². The monoisotopic (exact) mass is 373 g/mol. The van der Waals surface area contributed by atoms with Crippen LogP contribution in [0, 0.1) is 25.2 Å². The maximum absolute atomic E-state index is 12.2. The summed E-state index contributed by atoms with van der Waals surface area (Å²) >= 11 is 0. The fourth-order valence-electron chi connectivity index (χ4n) is 3.45. The highest BCUT2D eigenvalue weighted by Crippen LogP contribution is 2.15. The highest BCUT2D eigenvalue weighted by molar-refractivity contribution is 5.80. The lowest BCUT2D eigenvalue weighted by Gasteiger charge is -2.24. The molecule has 0 aromatic carbocycles. The van der Waals surface area contributed by atoms with E-state index in [0.29, 0.717) is 17.7 Å². The number of pyridine rings is 1. The number of rotatable bonds is 5. The van der Waals surface area contributed by atoms with Gasteiger partial charge in [-0.1, -0.05) is 19.3 Å². The lowest BCUT2D eigenvalue weighted by atomic mass is 9.99. The van der Waals surface area contributed by atoms with E-state index in [-0.39, 0.29) is 24.5 Å². The Balaban J connectivity index is 1.87. The van der Waals surface area contributed by atoms with Crippen molar-refractivity contribution >= 4 is 11.9 Å². The second-order valence-electron chi connectivity index (χ2n) is 6.98. The summed E-state index contributed by atoms with van der Waals surface area (Å²) < 4.78 is 5.14. The van der Waals surface area contributed by atoms with Crippen LogP contribution in [0.4, 0.5) is 0 Å². The summed E-state index contributed by atoms with van der Waals surface area (Å²) in [6.07, 6.45) is 5.90. The molecule has 0 atom stereocenters. The molecule has 2 rings (SSSR count). The quantitative estimate of drug-likeness (QED) is 0.797. The van der Waals surface area contributed by atoms with Gasteiger partial charge in [-0.2, -0.15) is 5.26 Å². The molecule has 1 amide bonds. The molecule has 27 heavy (non-hydrogen) atoms. The van der Waals surface area contributed by atoms with Gasteiger partial charge in [0.05, 0.1) is 0 Å². The third kappa shape index (κ3) is 5.68. The molecule has 0 radical (unpaired) electrons. The van der Waals surface area contributed by atoms with Gasteiger partial charge in [0.1, 0.15) is 11.6 Å². The Kier molecular flexibility index (Phi) is 7.59. The number of carbonyl (C=O) groups is 2. The number of nitriles is 1. The molecule has 1 aromatic rings. The van der Waals surface area contributed by atoms with E-state index in [4.69, 9.17) is 10.00 Å². The molecule has 7 nitrogen and oxygen atoms in total. The topological polar surface area (TPSA) is 103 Å². The predicted molar refractivity (Wildman–Crippen MR) is 100 cm³/mol. The Bertz CT molecular complexity index is 784. The molecule has 7 heteroatoms. The number of carbonyl (C=O) groups excluding carboxylic acids is 2. The number of ether oxygens (including phenoxy) is 1. The van der Waals surface area contributed by atoms with Gasteiger partial charge < -0.3 is 14.6 Å². The molecule has 146 valence electrons. The van der Waals surface area contributed by atoms with E-state index in [9.17, 15) is 14.4 Å². The van der Waals surface area contributed by atoms with Gasteiger partial charge in [-0.25, -0.2) is 0 Å². The SMILES string of the molecule is Cc1[nH]c(=O)c(C#N)c(C)c1CCC(=O)OCC(=O)N1CCCCCCC1. The van der Waals surface area contributed by atoms with Crippen molar-refractivity contribution < 1.29 is 14.3 Å². The zero-order valence-electron chi connectivity index (χ0n) is 16.1. The normalized spacial score (nSPS) is 14.8. The molecular formula is C20H27N3O4. The van der Waals surface area contributed by atoms with Crippen molar-refractivity contribution in [2.45, 2.75) is 58.8 Å². The molecule has 0 bridgehead atoms. The van der Waals surface area contributed by atoms with Gasteiger partial charge in [-0.15, -0.1) is 0 Å². The third-order valence-corrected chi connectivity index (χ3v) is 5.06. The van der Waals surface area contributed by atoms with E-state index in [1.165, 1.54) is 6.42 Å². The minimum Gasteiger partial charge on any atom is -0.456 e. The van der Waals surface area contributed by atoms with Gasteiger partial charge in [0.2, 0.25) is 0 Å². The molecule has 0 unspecified atom stereocenters. The molecular weight excluding hydrogens is 346 g/mol. The van der Waals surface area contributed by atoms with E-state index in [1.54, 1.807) is 18.7 Å². The first-order valence-electron chi connectivity index (χ1n) is 9.50. The summed E-state index contributed by atoms with van der Waals surface area (Å²) in [5.41, 5.74) is 1.64. The Morgan fingerprint density at radius 3 is 2.41 bits per heavy atom. The lowest BCUT2D eigenvalue weighted by molar-refractivity contribution is -0.152. The number of likely N-dealkylation sites (tertiary alicyclic amines) is 1. The number of H-pyrrole nitrogens is 1. The molecule has 1 saturated heterocycles. The lowest BCUT2D eigenvalue weighted by Crippen LogP contribution is -2.37. The highest BCUT2D eigenvalue weighted by atomic mass is 16.5. The number of hydrogen-bond donors (Lipinski definition) is 1. The van der Waals surface area contributed by atoms with Crippen LogP contribution in [0.2, 0.25) is 0 Å². The molecule has 1 fully saturated rings. The number of nitrogens with one attached hydrogen (secondary N) is 1. The Morgan fingerprint density at radius 1 is 1.15 bits per heavy atom. The molecule has 1 aromatic heterocycles. The van der Waals surface area contributed by atoms with Crippen LogP contribution in [0.15, 0.2) is 4.79 Å². The van der Waals surface area contributed by atoms with E-state index < -0.39 is 11.5 Å². The minimum atomic E-state index is -0.459. The van der Waals surface area contributed by atoms with Crippen molar-refractivity contribution in [3.05, 3.63) is 32.7 Å². The summed E-state index contributed by atoms with van der Waals surface area (Å²) in [5.74, 6) is -0.604. The van der Waals surface area contributed by atoms with E-state index in [1.807, 2.05) is 6.07 Å². The largest absolute Gasteiger partial charge is 0.456 e. The molecule has 2 heterocycles. The number of aromatic nitrogens is 1. The second-order valence-corrected chi connectivity index (χ2v) is 6.98. The Morgan fingerprint density at radius 2 is 1.78 bits per heavy atom. The van der Waals surface area contributed by atoms with E-state index in [0.717, 1.165) is 44.3 Å². The molecule has 1 aliphatic rings. The van der Waals surface area contributed by atoms with Crippen LogP contribution in [-0.4, -0.2) is 41.5 Å². The van der Waals surface area contributed by atoms with Crippen molar-refractivity contribution in [2.75, 3.05) is 19.7 Å². The third-order valence-electron chi connectivity index (χ3n) is 5.06. The van der Waals surface area contributed by atoms with Crippen LogP contribution in [0.5, 0.6) is 0 Å². The van der Waals surface area contributed by atoms with Gasteiger partial charge in [-0.3, -0.25) is 14.4 Å². The first-order valence-corrected chi connectivity index (χ1v) is 9.50. The molecule has 0 spiro atoms. The fourth-order valence-corrected chi connectivity index (χ4v) is 3.45. The average molecular weight is 373 g/mol. The van der Waals surface area contributed by atoms with Crippen LogP contribution >= 0.6 is 0 Å². The van der Waals surface area contributed by atoms with Crippen LogP contribution in [0.3, 0.4) is 0 Å². The Labute approximate surface area is 159 Å². The van der Waals surface area contributed by atoms with Crippen LogP contribution in [-0.2, 0) is 20.7 Å². The molecule has 1 aliphatic heterocycles. The van der Waals surface area contributed by atoms with Crippen molar-refractivity contribution in [1.29, 1.82) is 5.26 Å². The van der Waals surface area contributed by atoms with Gasteiger partial charge in [0.25, 0.3) is 11.5 Å². The van der Waals surface area contributed by atoms with E-state index >= 15 is 0 Å². The zero-order chi connectivity index (χ0) is 19.8.